The van der Waals surface area contributed by atoms with E-state index in [4.69, 9.17) is 0 Å². The lowest BCUT2D eigenvalue weighted by Gasteiger charge is -2.23. The van der Waals surface area contributed by atoms with Crippen LogP contribution in [0.3, 0.4) is 0 Å². The first-order valence-corrected chi connectivity index (χ1v) is 11.3. The summed E-state index contributed by atoms with van der Waals surface area (Å²) in [6.45, 7) is 4.42. The van der Waals surface area contributed by atoms with Crippen molar-refractivity contribution in [2.45, 2.75) is 13.8 Å². The standard InChI is InChI=1S/C24H20N6O2S/c1-3-29(18-12-7-10-16-9-4-5-11-17(16)18)23-21(30(31)32)22(25-14-26-23)28-24-27-20-15(2)8-6-13-19(20)33-24/h4-14H,3H2,1-2H3,(H,25,26,27,28). The summed E-state index contributed by atoms with van der Waals surface area (Å²) in [6, 6.07) is 19.8. The Morgan fingerprint density at radius 3 is 2.64 bits per heavy atom. The molecule has 5 rings (SSSR count). The zero-order valence-corrected chi connectivity index (χ0v) is 18.8. The Hall–Kier alpha value is -4.11. The molecule has 5 aromatic rings. The number of thiazole rings is 1. The number of hydrogen-bond acceptors (Lipinski definition) is 8. The van der Waals surface area contributed by atoms with Gasteiger partial charge in [0.15, 0.2) is 5.13 Å². The molecule has 9 heteroatoms. The summed E-state index contributed by atoms with van der Waals surface area (Å²) in [7, 11) is 0. The number of fused-ring (bicyclic) bond motifs is 2. The van der Waals surface area contributed by atoms with Gasteiger partial charge >= 0.3 is 5.69 Å². The van der Waals surface area contributed by atoms with Crippen LogP contribution in [-0.2, 0) is 0 Å². The lowest BCUT2D eigenvalue weighted by atomic mass is 10.1. The van der Waals surface area contributed by atoms with Crippen molar-refractivity contribution in [3.05, 3.63) is 82.7 Å². The maximum atomic E-state index is 12.2. The molecule has 0 radical (unpaired) electrons. The third-order valence-corrected chi connectivity index (χ3v) is 6.40. The molecule has 0 spiro atoms. The fraction of sp³-hybridized carbons (Fsp3) is 0.125. The number of nitro groups is 1. The second-order valence-corrected chi connectivity index (χ2v) is 8.49. The zero-order chi connectivity index (χ0) is 22.9. The summed E-state index contributed by atoms with van der Waals surface area (Å²) in [5, 5.41) is 17.9. The number of nitrogens with one attached hydrogen (secondary N) is 1. The first-order valence-electron chi connectivity index (χ1n) is 10.4. The van der Waals surface area contributed by atoms with E-state index in [0.717, 1.165) is 32.2 Å². The smallest absolute Gasteiger partial charge is 0.320 e. The molecule has 0 aliphatic heterocycles. The van der Waals surface area contributed by atoms with E-state index in [0.29, 0.717) is 11.7 Å². The van der Waals surface area contributed by atoms with Crippen molar-refractivity contribution in [2.75, 3.05) is 16.8 Å². The molecule has 1 N–H and O–H groups in total. The van der Waals surface area contributed by atoms with Gasteiger partial charge in [0.25, 0.3) is 0 Å². The van der Waals surface area contributed by atoms with Gasteiger partial charge in [0.2, 0.25) is 11.6 Å². The highest BCUT2D eigenvalue weighted by Gasteiger charge is 2.28. The second-order valence-electron chi connectivity index (χ2n) is 7.46. The van der Waals surface area contributed by atoms with E-state index in [1.807, 2.05) is 79.4 Å². The molecular weight excluding hydrogens is 436 g/mol. The summed E-state index contributed by atoms with van der Waals surface area (Å²) in [6.07, 6.45) is 1.34. The molecule has 0 saturated heterocycles. The molecule has 0 aliphatic rings. The minimum atomic E-state index is -0.440. The third kappa shape index (κ3) is 3.72. The number of benzene rings is 3. The van der Waals surface area contributed by atoms with Crippen molar-refractivity contribution in [3.8, 4) is 0 Å². The van der Waals surface area contributed by atoms with Crippen molar-refractivity contribution >= 4 is 60.5 Å². The number of hydrogen-bond donors (Lipinski definition) is 1. The molecular formula is C24H20N6O2S. The van der Waals surface area contributed by atoms with Gasteiger partial charge in [0, 0.05) is 11.9 Å². The van der Waals surface area contributed by atoms with Crippen LogP contribution in [0, 0.1) is 17.0 Å². The molecule has 0 unspecified atom stereocenters. The normalized spacial score (nSPS) is 11.1. The number of nitrogens with zero attached hydrogens (tertiary/aromatic N) is 5. The van der Waals surface area contributed by atoms with Crippen LogP contribution in [0.4, 0.5) is 28.1 Å². The summed E-state index contributed by atoms with van der Waals surface area (Å²) in [4.78, 5) is 26.8. The minimum Gasteiger partial charge on any atom is -0.320 e. The molecule has 0 amide bonds. The number of rotatable bonds is 6. The van der Waals surface area contributed by atoms with E-state index in [2.05, 4.69) is 20.3 Å². The largest absolute Gasteiger partial charge is 0.354 e. The van der Waals surface area contributed by atoms with E-state index < -0.39 is 4.92 Å². The predicted octanol–water partition coefficient (Wildman–Crippen LogP) is 6.36. The van der Waals surface area contributed by atoms with Crippen molar-refractivity contribution in [1.82, 2.24) is 15.0 Å². The lowest BCUT2D eigenvalue weighted by Crippen LogP contribution is -2.20. The summed E-state index contributed by atoms with van der Waals surface area (Å²) in [5.74, 6) is 0.342. The molecule has 0 aliphatic carbocycles. The molecule has 0 bridgehead atoms. The van der Waals surface area contributed by atoms with E-state index in [1.165, 1.54) is 17.7 Å². The Balaban J connectivity index is 1.62. The maximum absolute atomic E-state index is 12.2. The van der Waals surface area contributed by atoms with Crippen molar-refractivity contribution in [1.29, 1.82) is 0 Å². The van der Waals surface area contributed by atoms with E-state index in [9.17, 15) is 10.1 Å². The van der Waals surface area contributed by atoms with Gasteiger partial charge in [-0.3, -0.25) is 10.1 Å². The van der Waals surface area contributed by atoms with E-state index in [-0.39, 0.29) is 17.3 Å². The molecule has 2 aromatic heterocycles. The monoisotopic (exact) mass is 456 g/mol. The molecule has 2 heterocycles. The average molecular weight is 457 g/mol. The minimum absolute atomic E-state index is 0.111. The molecule has 33 heavy (non-hydrogen) atoms. The fourth-order valence-corrected chi connectivity index (χ4v) is 4.89. The fourth-order valence-electron chi connectivity index (χ4n) is 3.95. The molecule has 0 atom stereocenters. The van der Waals surface area contributed by atoms with Gasteiger partial charge in [-0.2, -0.15) is 0 Å². The van der Waals surface area contributed by atoms with Gasteiger partial charge in [-0.15, -0.1) is 0 Å². The predicted molar refractivity (Wildman–Crippen MR) is 133 cm³/mol. The first-order chi connectivity index (χ1) is 16.1. The van der Waals surface area contributed by atoms with Gasteiger partial charge < -0.3 is 10.2 Å². The van der Waals surface area contributed by atoms with Crippen molar-refractivity contribution in [2.24, 2.45) is 0 Å². The van der Waals surface area contributed by atoms with Gasteiger partial charge in [0.1, 0.15) is 6.33 Å². The van der Waals surface area contributed by atoms with Gasteiger partial charge in [-0.1, -0.05) is 59.9 Å². The van der Waals surface area contributed by atoms with Crippen LogP contribution in [0.25, 0.3) is 21.0 Å². The molecule has 0 saturated carbocycles. The highest BCUT2D eigenvalue weighted by Crippen LogP contribution is 2.40. The van der Waals surface area contributed by atoms with Crippen molar-refractivity contribution in [3.63, 3.8) is 0 Å². The number of para-hydroxylation sites is 1. The van der Waals surface area contributed by atoms with Crippen LogP contribution in [0.2, 0.25) is 0 Å². The van der Waals surface area contributed by atoms with E-state index >= 15 is 0 Å². The van der Waals surface area contributed by atoms with E-state index in [1.54, 1.807) is 0 Å². The average Bonchev–Trinajstić information content (AvgIpc) is 3.23. The topological polar surface area (TPSA) is 97.1 Å². The molecule has 0 fully saturated rings. The highest BCUT2D eigenvalue weighted by atomic mass is 32.1. The Bertz CT molecular complexity index is 1490. The van der Waals surface area contributed by atoms with Crippen LogP contribution in [0.15, 0.2) is 67.0 Å². The Morgan fingerprint density at radius 1 is 1.06 bits per heavy atom. The van der Waals surface area contributed by atoms with Crippen LogP contribution in [0.1, 0.15) is 12.5 Å². The van der Waals surface area contributed by atoms with Crippen LogP contribution < -0.4 is 10.2 Å². The van der Waals surface area contributed by atoms with Crippen LogP contribution in [-0.4, -0.2) is 26.4 Å². The summed E-state index contributed by atoms with van der Waals surface area (Å²) in [5.41, 5.74) is 2.57. The highest BCUT2D eigenvalue weighted by molar-refractivity contribution is 7.22. The molecule has 3 aromatic carbocycles. The molecule has 8 nitrogen and oxygen atoms in total. The Labute approximate surface area is 193 Å². The summed E-state index contributed by atoms with van der Waals surface area (Å²) >= 11 is 1.43. The van der Waals surface area contributed by atoms with Crippen molar-refractivity contribution < 1.29 is 4.92 Å². The lowest BCUT2D eigenvalue weighted by molar-refractivity contribution is -0.383. The quantitative estimate of drug-likeness (QED) is 0.235. The Morgan fingerprint density at radius 2 is 1.85 bits per heavy atom. The summed E-state index contributed by atoms with van der Waals surface area (Å²) < 4.78 is 1.00. The van der Waals surface area contributed by atoms with Gasteiger partial charge in [-0.05, 0) is 36.9 Å². The second kappa shape index (κ2) is 8.44. The number of aromatic nitrogens is 3. The third-order valence-electron chi connectivity index (χ3n) is 5.46. The number of anilines is 4. The first kappa shape index (κ1) is 20.8. The van der Waals surface area contributed by atoms with Gasteiger partial charge in [0.05, 0.1) is 20.8 Å². The maximum Gasteiger partial charge on any atom is 0.354 e. The SMILES string of the molecule is CCN(c1ncnc(Nc2nc3c(C)cccc3s2)c1[N+](=O)[O-])c1cccc2ccccc12. The molecule has 164 valence electrons. The number of aryl methyl sites for hydroxylation is 1. The van der Waals surface area contributed by atoms with Crippen LogP contribution in [0.5, 0.6) is 0 Å². The van der Waals surface area contributed by atoms with Gasteiger partial charge in [-0.25, -0.2) is 15.0 Å². The zero-order valence-electron chi connectivity index (χ0n) is 18.0. The Kier molecular flexibility index (Phi) is 5.31. The van der Waals surface area contributed by atoms with Crippen LogP contribution >= 0.6 is 11.3 Å².